The molecule has 0 saturated carbocycles. The molecule has 1 aromatic heterocycles. The lowest BCUT2D eigenvalue weighted by Crippen LogP contribution is -2.03. The third-order valence-corrected chi connectivity index (χ3v) is 2.63. The topological polar surface area (TPSA) is 68.6 Å². The third-order valence-electron chi connectivity index (χ3n) is 2.43. The van der Waals surface area contributed by atoms with Crippen LogP contribution in [-0.2, 0) is 0 Å². The van der Waals surface area contributed by atoms with Crippen LogP contribution in [0.2, 0.25) is 5.15 Å². The highest BCUT2D eigenvalue weighted by Gasteiger charge is 2.10. The summed E-state index contributed by atoms with van der Waals surface area (Å²) in [5.41, 5.74) is 3.27. The lowest BCUT2D eigenvalue weighted by Gasteiger charge is -2.09. The zero-order valence-electron chi connectivity index (χ0n) is 11.3. The first-order valence-corrected chi connectivity index (χ1v) is 6.37. The van der Waals surface area contributed by atoms with Crippen molar-refractivity contribution < 1.29 is 18.3 Å². The third kappa shape index (κ3) is 4.52. The maximum atomic E-state index is 12.2. The van der Waals surface area contributed by atoms with Crippen molar-refractivity contribution in [2.45, 2.75) is 6.61 Å². The number of methoxy groups -OCH3 is 1. The van der Waals surface area contributed by atoms with E-state index in [9.17, 15) is 8.78 Å². The Morgan fingerprint density at radius 1 is 1.23 bits per heavy atom. The zero-order valence-corrected chi connectivity index (χ0v) is 12.1. The van der Waals surface area contributed by atoms with Crippen LogP contribution in [0.15, 0.2) is 35.4 Å². The molecule has 0 aliphatic carbocycles. The molecule has 0 bridgehead atoms. The fourth-order valence-electron chi connectivity index (χ4n) is 1.51. The van der Waals surface area contributed by atoms with Crippen LogP contribution in [0.25, 0.3) is 0 Å². The van der Waals surface area contributed by atoms with Gasteiger partial charge in [-0.3, -0.25) is 5.43 Å². The van der Waals surface area contributed by atoms with Crippen LogP contribution in [0, 0.1) is 0 Å². The first kappa shape index (κ1) is 15.9. The largest absolute Gasteiger partial charge is 0.493 e. The van der Waals surface area contributed by atoms with E-state index in [0.29, 0.717) is 11.4 Å². The highest BCUT2D eigenvalue weighted by atomic mass is 35.5. The Morgan fingerprint density at radius 3 is 2.68 bits per heavy atom. The van der Waals surface area contributed by atoms with Crippen molar-refractivity contribution in [2.24, 2.45) is 5.10 Å². The van der Waals surface area contributed by atoms with Crippen LogP contribution in [0.4, 0.5) is 14.6 Å². The summed E-state index contributed by atoms with van der Waals surface area (Å²) in [5.74, 6) is 0.534. The lowest BCUT2D eigenvalue weighted by molar-refractivity contribution is -0.0512. The molecule has 9 heteroatoms. The van der Waals surface area contributed by atoms with Crippen LogP contribution >= 0.6 is 11.6 Å². The zero-order chi connectivity index (χ0) is 15.9. The fourth-order valence-corrected chi connectivity index (χ4v) is 1.61. The van der Waals surface area contributed by atoms with Gasteiger partial charge in [0.25, 0.3) is 0 Å². The van der Waals surface area contributed by atoms with Crippen molar-refractivity contribution in [1.29, 1.82) is 0 Å². The Bertz CT molecular complexity index is 653. The van der Waals surface area contributed by atoms with E-state index < -0.39 is 6.61 Å². The Balaban J connectivity index is 2.05. The number of rotatable bonds is 6. The smallest absolute Gasteiger partial charge is 0.387 e. The molecule has 0 saturated heterocycles. The number of hydrogen-bond acceptors (Lipinski definition) is 6. The van der Waals surface area contributed by atoms with Gasteiger partial charge >= 0.3 is 6.61 Å². The molecule has 0 atom stereocenters. The summed E-state index contributed by atoms with van der Waals surface area (Å²) in [4.78, 5) is 0. The van der Waals surface area contributed by atoms with Crippen molar-refractivity contribution in [1.82, 2.24) is 10.2 Å². The number of hydrazone groups is 1. The van der Waals surface area contributed by atoms with Crippen LogP contribution in [0.1, 0.15) is 5.56 Å². The van der Waals surface area contributed by atoms with Gasteiger partial charge in [-0.2, -0.15) is 13.9 Å². The number of nitrogens with zero attached hydrogens (tertiary/aromatic N) is 3. The van der Waals surface area contributed by atoms with Gasteiger partial charge in [0.2, 0.25) is 0 Å². The van der Waals surface area contributed by atoms with Crippen molar-refractivity contribution >= 4 is 23.6 Å². The highest BCUT2D eigenvalue weighted by Crippen LogP contribution is 2.28. The van der Waals surface area contributed by atoms with E-state index in [1.165, 1.54) is 25.5 Å². The van der Waals surface area contributed by atoms with Crippen molar-refractivity contribution in [3.8, 4) is 11.5 Å². The Kier molecular flexibility index (Phi) is 5.42. The van der Waals surface area contributed by atoms with Crippen molar-refractivity contribution in [3.05, 3.63) is 41.0 Å². The first-order valence-electron chi connectivity index (χ1n) is 5.99. The SMILES string of the molecule is COc1cc(/C=N\Nc2ccc(Cl)nn2)ccc1OC(F)F. The molecule has 116 valence electrons. The molecule has 0 radical (unpaired) electrons. The van der Waals surface area contributed by atoms with Gasteiger partial charge in [-0.1, -0.05) is 11.6 Å². The Hall–Kier alpha value is -2.48. The van der Waals surface area contributed by atoms with Gasteiger partial charge in [-0.25, -0.2) is 0 Å². The minimum Gasteiger partial charge on any atom is -0.493 e. The van der Waals surface area contributed by atoms with Gasteiger partial charge in [0.1, 0.15) is 0 Å². The molecule has 1 aromatic carbocycles. The second-order valence-corrected chi connectivity index (χ2v) is 4.29. The van der Waals surface area contributed by atoms with Gasteiger partial charge in [0.15, 0.2) is 22.5 Å². The maximum absolute atomic E-state index is 12.2. The molecule has 2 rings (SSSR count). The summed E-state index contributed by atoms with van der Waals surface area (Å²) in [5, 5.41) is 11.6. The summed E-state index contributed by atoms with van der Waals surface area (Å²) >= 11 is 5.61. The van der Waals surface area contributed by atoms with E-state index >= 15 is 0 Å². The molecule has 0 unspecified atom stereocenters. The standard InChI is InChI=1S/C13H11ClF2N4O2/c1-21-10-6-8(2-3-9(10)22-13(15)16)7-17-19-12-5-4-11(14)18-20-12/h2-7,13H,1H3,(H,19,20)/b17-7-. The monoisotopic (exact) mass is 328 g/mol. The fraction of sp³-hybridized carbons (Fsp3) is 0.154. The summed E-state index contributed by atoms with van der Waals surface area (Å²) in [6.45, 7) is -2.92. The number of hydrogen-bond donors (Lipinski definition) is 1. The average molecular weight is 329 g/mol. The molecule has 1 N–H and O–H groups in total. The Morgan fingerprint density at radius 2 is 2.05 bits per heavy atom. The van der Waals surface area contributed by atoms with Crippen LogP contribution < -0.4 is 14.9 Å². The predicted octanol–water partition coefficient (Wildman–Crippen LogP) is 3.19. The van der Waals surface area contributed by atoms with Gasteiger partial charge in [-0.05, 0) is 35.9 Å². The van der Waals surface area contributed by atoms with Crippen molar-refractivity contribution in [3.63, 3.8) is 0 Å². The van der Waals surface area contributed by atoms with Gasteiger partial charge in [0, 0.05) is 0 Å². The summed E-state index contributed by atoms with van der Waals surface area (Å²) in [7, 11) is 1.36. The van der Waals surface area contributed by atoms with E-state index in [-0.39, 0.29) is 16.7 Å². The number of nitrogens with one attached hydrogen (secondary N) is 1. The van der Waals surface area contributed by atoms with Crippen LogP contribution in [-0.4, -0.2) is 30.1 Å². The molecular formula is C13H11ClF2N4O2. The van der Waals surface area contributed by atoms with E-state index in [0.717, 1.165) is 0 Å². The molecular weight excluding hydrogens is 318 g/mol. The van der Waals surface area contributed by atoms with E-state index in [2.05, 4.69) is 25.5 Å². The van der Waals surface area contributed by atoms with Gasteiger partial charge < -0.3 is 9.47 Å². The minimum absolute atomic E-state index is 0.0498. The molecule has 0 spiro atoms. The first-order chi connectivity index (χ1) is 10.6. The molecule has 6 nitrogen and oxygen atoms in total. The normalized spacial score (nSPS) is 11.0. The van der Waals surface area contributed by atoms with Crippen LogP contribution in [0.3, 0.4) is 0 Å². The summed E-state index contributed by atoms with van der Waals surface area (Å²) in [6.07, 6.45) is 1.46. The molecule has 0 aliphatic heterocycles. The van der Waals surface area contributed by atoms with Gasteiger partial charge in [-0.15, -0.1) is 10.2 Å². The number of alkyl halides is 2. The lowest BCUT2D eigenvalue weighted by atomic mass is 10.2. The predicted molar refractivity (Wildman–Crippen MR) is 77.9 cm³/mol. The van der Waals surface area contributed by atoms with E-state index in [1.54, 1.807) is 18.2 Å². The van der Waals surface area contributed by atoms with Crippen LogP contribution in [0.5, 0.6) is 11.5 Å². The molecule has 0 aliphatic rings. The minimum atomic E-state index is -2.92. The molecule has 2 aromatic rings. The molecule has 0 fully saturated rings. The maximum Gasteiger partial charge on any atom is 0.387 e. The Labute approximate surface area is 129 Å². The second kappa shape index (κ2) is 7.51. The molecule has 0 amide bonds. The average Bonchev–Trinajstić information content (AvgIpc) is 2.50. The summed E-state index contributed by atoms with van der Waals surface area (Å²) < 4.78 is 33.8. The summed E-state index contributed by atoms with van der Waals surface area (Å²) in [6, 6.07) is 7.60. The number of anilines is 1. The number of aromatic nitrogens is 2. The highest BCUT2D eigenvalue weighted by molar-refractivity contribution is 6.29. The number of halogens is 3. The molecule has 1 heterocycles. The second-order valence-electron chi connectivity index (χ2n) is 3.90. The quantitative estimate of drug-likeness (QED) is 0.651. The number of ether oxygens (including phenoxy) is 2. The number of benzene rings is 1. The van der Waals surface area contributed by atoms with Gasteiger partial charge in [0.05, 0.1) is 13.3 Å². The van der Waals surface area contributed by atoms with Crippen molar-refractivity contribution in [2.75, 3.05) is 12.5 Å². The van der Waals surface area contributed by atoms with E-state index in [4.69, 9.17) is 16.3 Å². The van der Waals surface area contributed by atoms with E-state index in [1.807, 2.05) is 0 Å². The molecule has 22 heavy (non-hydrogen) atoms.